The molecule has 9 heteroatoms. The number of carbonyl (C=O) groups excluding carboxylic acids is 2. The Morgan fingerprint density at radius 3 is 1.97 bits per heavy atom. The molecule has 0 saturated heterocycles. The van der Waals surface area contributed by atoms with Crippen molar-refractivity contribution in [2.24, 2.45) is 0 Å². The van der Waals surface area contributed by atoms with Crippen LogP contribution in [0.1, 0.15) is 32.4 Å². The number of nitro groups is 1. The topological polar surface area (TPSA) is 125 Å². The minimum Gasteiger partial charge on any atom is -0.445 e. The van der Waals surface area contributed by atoms with E-state index in [4.69, 9.17) is 9.15 Å². The van der Waals surface area contributed by atoms with Gasteiger partial charge in [0.15, 0.2) is 6.10 Å². The number of Topliss-reactive ketones (excluding diaryl/α,β-unsaturated/α-hetero) is 1. The molecule has 1 unspecified atom stereocenters. The van der Waals surface area contributed by atoms with Crippen molar-refractivity contribution in [2.75, 3.05) is 0 Å². The fraction of sp³-hybridized carbons (Fsp3) is 0.0345. The molecule has 1 atom stereocenters. The Kier molecular flexibility index (Phi) is 6.81. The van der Waals surface area contributed by atoms with Crippen LogP contribution >= 0.6 is 0 Å². The Hall–Kier alpha value is -5.44. The number of hydrogen-bond acceptors (Lipinski definition) is 8. The number of non-ortho nitro benzene ring substituents is 1. The zero-order valence-electron chi connectivity index (χ0n) is 19.8. The van der Waals surface area contributed by atoms with Crippen LogP contribution in [0.25, 0.3) is 22.9 Å². The van der Waals surface area contributed by atoms with Crippen LogP contribution in [0.15, 0.2) is 114 Å². The van der Waals surface area contributed by atoms with Crippen LogP contribution in [-0.2, 0) is 4.74 Å². The number of ketones is 1. The van der Waals surface area contributed by atoms with Crippen LogP contribution in [0, 0.1) is 10.1 Å². The maximum absolute atomic E-state index is 13.3. The first kappa shape index (κ1) is 24.3. The molecule has 0 bridgehead atoms. The van der Waals surface area contributed by atoms with Gasteiger partial charge in [-0.1, -0.05) is 54.6 Å². The molecule has 0 aliphatic carbocycles. The van der Waals surface area contributed by atoms with E-state index < -0.39 is 22.8 Å². The fourth-order valence-electron chi connectivity index (χ4n) is 3.79. The van der Waals surface area contributed by atoms with E-state index in [0.29, 0.717) is 22.6 Å². The molecule has 0 spiro atoms. The molecule has 0 radical (unpaired) electrons. The van der Waals surface area contributed by atoms with E-state index in [-0.39, 0.29) is 17.1 Å². The number of nitrogens with zero attached hydrogens (tertiary/aromatic N) is 3. The number of rotatable bonds is 8. The molecule has 0 aliphatic rings. The second-order valence-electron chi connectivity index (χ2n) is 8.22. The summed E-state index contributed by atoms with van der Waals surface area (Å²) in [6.45, 7) is 0. The van der Waals surface area contributed by atoms with Gasteiger partial charge in [-0.15, -0.1) is 10.2 Å². The maximum atomic E-state index is 13.3. The third-order valence-electron chi connectivity index (χ3n) is 5.72. The lowest BCUT2D eigenvalue weighted by molar-refractivity contribution is -0.384. The van der Waals surface area contributed by atoms with Crippen LogP contribution in [-0.4, -0.2) is 26.9 Å². The van der Waals surface area contributed by atoms with Crippen LogP contribution in [0.3, 0.4) is 0 Å². The van der Waals surface area contributed by atoms with Crippen LogP contribution in [0.2, 0.25) is 0 Å². The first-order valence-corrected chi connectivity index (χ1v) is 11.5. The fourth-order valence-corrected chi connectivity index (χ4v) is 3.79. The standard InChI is InChI=1S/C29H19N3O6/c33-25(19-8-3-1-4-9-19)26(20-14-16-24(17-15-20)32(35)36)37-29(34)23-13-7-12-22(18-23)28-31-30-27(38-28)21-10-5-2-6-11-21/h1-18,26H. The van der Waals surface area contributed by atoms with E-state index in [1.54, 1.807) is 48.5 Å². The zero-order valence-corrected chi connectivity index (χ0v) is 19.8. The summed E-state index contributed by atoms with van der Waals surface area (Å²) in [5, 5.41) is 19.2. The lowest BCUT2D eigenvalue weighted by atomic mass is 9.99. The molecule has 1 heterocycles. The highest BCUT2D eigenvalue weighted by Gasteiger charge is 2.27. The number of ether oxygens (including phenoxy) is 1. The summed E-state index contributed by atoms with van der Waals surface area (Å²) in [5.41, 5.74) is 1.90. The van der Waals surface area contributed by atoms with E-state index in [1.807, 2.05) is 30.3 Å². The Bertz CT molecular complexity index is 1600. The Balaban J connectivity index is 1.42. The summed E-state index contributed by atoms with van der Waals surface area (Å²) in [4.78, 5) is 37.0. The summed E-state index contributed by atoms with van der Waals surface area (Å²) < 4.78 is 11.5. The Labute approximate surface area is 216 Å². The van der Waals surface area contributed by atoms with Gasteiger partial charge in [0.25, 0.3) is 5.69 Å². The third kappa shape index (κ3) is 5.21. The summed E-state index contributed by atoms with van der Waals surface area (Å²) in [5.74, 6) is -0.679. The monoisotopic (exact) mass is 505 g/mol. The quantitative estimate of drug-likeness (QED) is 0.107. The van der Waals surface area contributed by atoms with Gasteiger partial charge >= 0.3 is 5.97 Å². The second kappa shape index (κ2) is 10.7. The lowest BCUT2D eigenvalue weighted by Crippen LogP contribution is -2.20. The highest BCUT2D eigenvalue weighted by Crippen LogP contribution is 2.28. The van der Waals surface area contributed by atoms with Gasteiger partial charge < -0.3 is 9.15 Å². The summed E-state index contributed by atoms with van der Waals surface area (Å²) in [6, 6.07) is 29.4. The predicted octanol–water partition coefficient (Wildman–Crippen LogP) is 6.09. The van der Waals surface area contributed by atoms with Crippen molar-refractivity contribution in [3.63, 3.8) is 0 Å². The number of aromatic nitrogens is 2. The number of nitro benzene ring substituents is 1. The van der Waals surface area contributed by atoms with E-state index in [2.05, 4.69) is 10.2 Å². The van der Waals surface area contributed by atoms with Crippen molar-refractivity contribution >= 4 is 17.4 Å². The SMILES string of the molecule is O=C(OC(C(=O)c1ccccc1)c1ccc([N+](=O)[O-])cc1)c1cccc(-c2nnc(-c3ccccc3)o2)c1. The minimum atomic E-state index is -1.32. The molecule has 0 fully saturated rings. The van der Waals surface area contributed by atoms with E-state index in [9.17, 15) is 19.7 Å². The van der Waals surface area contributed by atoms with E-state index >= 15 is 0 Å². The molecule has 1 aromatic heterocycles. The zero-order chi connectivity index (χ0) is 26.5. The molecule has 4 aromatic carbocycles. The Morgan fingerprint density at radius 1 is 0.737 bits per heavy atom. The van der Waals surface area contributed by atoms with Gasteiger partial charge in [0.05, 0.1) is 10.5 Å². The molecule has 0 N–H and O–H groups in total. The average Bonchev–Trinajstić information content (AvgIpc) is 3.47. The normalized spacial score (nSPS) is 11.5. The highest BCUT2D eigenvalue weighted by atomic mass is 16.6. The molecule has 9 nitrogen and oxygen atoms in total. The van der Waals surface area contributed by atoms with Gasteiger partial charge in [0.2, 0.25) is 17.6 Å². The van der Waals surface area contributed by atoms with E-state index in [0.717, 1.165) is 5.56 Å². The minimum absolute atomic E-state index is 0.145. The molecular formula is C29H19N3O6. The maximum Gasteiger partial charge on any atom is 0.339 e. The average molecular weight is 505 g/mol. The first-order chi connectivity index (χ1) is 18.5. The number of benzene rings is 4. The molecule has 186 valence electrons. The molecule has 38 heavy (non-hydrogen) atoms. The van der Waals surface area contributed by atoms with Gasteiger partial charge in [-0.2, -0.15) is 0 Å². The van der Waals surface area contributed by atoms with Gasteiger partial charge in [-0.3, -0.25) is 14.9 Å². The van der Waals surface area contributed by atoms with Crippen LogP contribution in [0.4, 0.5) is 5.69 Å². The van der Waals surface area contributed by atoms with Crippen LogP contribution < -0.4 is 0 Å². The third-order valence-corrected chi connectivity index (χ3v) is 5.72. The summed E-state index contributed by atoms with van der Waals surface area (Å²) >= 11 is 0. The smallest absolute Gasteiger partial charge is 0.339 e. The predicted molar refractivity (Wildman–Crippen MR) is 137 cm³/mol. The van der Waals surface area contributed by atoms with Crippen molar-refractivity contribution in [3.05, 3.63) is 136 Å². The lowest BCUT2D eigenvalue weighted by Gasteiger charge is -2.17. The van der Waals surface area contributed by atoms with Crippen LogP contribution in [0.5, 0.6) is 0 Å². The van der Waals surface area contributed by atoms with Crippen molar-refractivity contribution in [1.82, 2.24) is 10.2 Å². The number of hydrogen-bond donors (Lipinski definition) is 0. The highest BCUT2D eigenvalue weighted by molar-refractivity contribution is 6.02. The molecule has 5 aromatic rings. The molecular weight excluding hydrogens is 486 g/mol. The summed E-state index contributed by atoms with van der Waals surface area (Å²) in [7, 11) is 0. The first-order valence-electron chi connectivity index (χ1n) is 11.5. The van der Waals surface area contributed by atoms with Gasteiger partial charge in [-0.05, 0) is 42.5 Å². The molecule has 5 rings (SSSR count). The number of esters is 1. The van der Waals surface area contributed by atoms with Gasteiger partial charge in [0, 0.05) is 34.4 Å². The second-order valence-corrected chi connectivity index (χ2v) is 8.22. The Morgan fingerprint density at radius 2 is 1.32 bits per heavy atom. The molecule has 0 amide bonds. The van der Waals surface area contributed by atoms with Crippen molar-refractivity contribution in [3.8, 4) is 22.9 Å². The number of carbonyl (C=O) groups is 2. The van der Waals surface area contributed by atoms with E-state index in [1.165, 1.54) is 30.3 Å². The van der Waals surface area contributed by atoms with Crippen molar-refractivity contribution in [1.29, 1.82) is 0 Å². The molecule has 0 saturated carbocycles. The summed E-state index contributed by atoms with van der Waals surface area (Å²) in [6.07, 6.45) is -1.32. The largest absolute Gasteiger partial charge is 0.445 e. The van der Waals surface area contributed by atoms with Gasteiger partial charge in [0.1, 0.15) is 0 Å². The van der Waals surface area contributed by atoms with Gasteiger partial charge in [-0.25, -0.2) is 4.79 Å². The van der Waals surface area contributed by atoms with Crippen molar-refractivity contribution < 1.29 is 23.7 Å². The molecule has 0 aliphatic heterocycles. The van der Waals surface area contributed by atoms with Crippen molar-refractivity contribution in [2.45, 2.75) is 6.10 Å².